The molecule has 0 aliphatic rings. The van der Waals surface area contributed by atoms with Crippen LogP contribution in [0, 0.1) is 3.57 Å². The highest BCUT2D eigenvalue weighted by Gasteiger charge is 2.13. The summed E-state index contributed by atoms with van der Waals surface area (Å²) in [5.41, 5.74) is 6.36. The van der Waals surface area contributed by atoms with Crippen LogP contribution in [0.4, 0.5) is 5.69 Å². The third-order valence-corrected chi connectivity index (χ3v) is 2.84. The molecule has 0 aliphatic heterocycles. The first kappa shape index (κ1) is 13.4. The average molecular weight is 332 g/mol. The molecule has 0 bridgehead atoms. The quantitative estimate of drug-likeness (QED) is 0.833. The van der Waals surface area contributed by atoms with Crippen LogP contribution in [0.25, 0.3) is 0 Å². The molecule has 88 valence electrons. The predicted octanol–water partition coefficient (Wildman–Crippen LogP) is 2.75. The Morgan fingerprint density at radius 2 is 1.94 bits per heavy atom. The van der Waals surface area contributed by atoms with Gasteiger partial charge in [0.05, 0.1) is 0 Å². The maximum absolute atomic E-state index is 11.6. The lowest BCUT2D eigenvalue weighted by Gasteiger charge is -2.17. The van der Waals surface area contributed by atoms with E-state index in [0.717, 1.165) is 9.26 Å². The summed E-state index contributed by atoms with van der Waals surface area (Å²) in [6, 6.07) is 7.71. The van der Waals surface area contributed by atoms with E-state index in [9.17, 15) is 4.79 Å². The Morgan fingerprint density at radius 1 is 1.38 bits per heavy atom. The Bertz CT molecular complexity index is 354. The zero-order chi connectivity index (χ0) is 12.2. The largest absolute Gasteiger partial charge is 0.326 e. The molecular formula is C12H17IN2O. The van der Waals surface area contributed by atoms with Crippen molar-refractivity contribution in [2.75, 3.05) is 5.32 Å². The minimum absolute atomic E-state index is 0.0136. The number of hydrogen-bond donors (Lipinski definition) is 2. The molecular weight excluding hydrogens is 315 g/mol. The zero-order valence-electron chi connectivity index (χ0n) is 9.59. The highest BCUT2D eigenvalue weighted by molar-refractivity contribution is 14.1. The number of rotatable bonds is 4. The van der Waals surface area contributed by atoms with Crippen molar-refractivity contribution in [3.63, 3.8) is 0 Å². The fourth-order valence-electron chi connectivity index (χ4n) is 1.19. The minimum Gasteiger partial charge on any atom is -0.326 e. The molecule has 0 spiro atoms. The molecule has 3 N–H and O–H groups in total. The van der Waals surface area contributed by atoms with Crippen molar-refractivity contribution in [1.82, 2.24) is 0 Å². The van der Waals surface area contributed by atoms with Crippen molar-refractivity contribution in [2.24, 2.45) is 5.73 Å². The van der Waals surface area contributed by atoms with Gasteiger partial charge in [0.25, 0.3) is 0 Å². The Labute approximate surface area is 110 Å². The number of halogens is 1. The monoisotopic (exact) mass is 332 g/mol. The molecule has 1 aromatic rings. The predicted molar refractivity (Wildman–Crippen MR) is 75.3 cm³/mol. The molecule has 3 nitrogen and oxygen atoms in total. The molecule has 1 amide bonds. The standard InChI is InChI=1S/C12H17IN2O/c1-12(2,14)8-7-11(16)15-10-5-3-9(13)4-6-10/h3-6H,7-8,14H2,1-2H3,(H,15,16). The Hall–Kier alpha value is -0.620. The van der Waals surface area contributed by atoms with Gasteiger partial charge in [-0.2, -0.15) is 0 Å². The van der Waals surface area contributed by atoms with Crippen molar-refractivity contribution in [1.29, 1.82) is 0 Å². The fourth-order valence-corrected chi connectivity index (χ4v) is 1.55. The second-order valence-corrected chi connectivity index (χ2v) is 5.79. The van der Waals surface area contributed by atoms with Crippen LogP contribution in [-0.4, -0.2) is 11.4 Å². The lowest BCUT2D eigenvalue weighted by Crippen LogP contribution is -2.33. The molecule has 4 heteroatoms. The summed E-state index contributed by atoms with van der Waals surface area (Å²) in [6.45, 7) is 3.84. The third kappa shape index (κ3) is 5.46. The lowest BCUT2D eigenvalue weighted by molar-refractivity contribution is -0.116. The van der Waals surface area contributed by atoms with E-state index in [-0.39, 0.29) is 11.4 Å². The number of anilines is 1. The molecule has 0 fully saturated rings. The van der Waals surface area contributed by atoms with Gasteiger partial charge in [0.1, 0.15) is 0 Å². The minimum atomic E-state index is -0.288. The molecule has 1 aromatic carbocycles. The summed E-state index contributed by atoms with van der Waals surface area (Å²) >= 11 is 2.23. The second kappa shape index (κ2) is 5.63. The van der Waals surface area contributed by atoms with Crippen LogP contribution in [0.2, 0.25) is 0 Å². The Kier molecular flexibility index (Phi) is 4.73. The van der Waals surface area contributed by atoms with Gasteiger partial charge in [-0.25, -0.2) is 0 Å². The van der Waals surface area contributed by atoms with Gasteiger partial charge >= 0.3 is 0 Å². The molecule has 0 unspecified atom stereocenters. The number of hydrogen-bond acceptors (Lipinski definition) is 2. The summed E-state index contributed by atoms with van der Waals surface area (Å²) in [7, 11) is 0. The Balaban J connectivity index is 2.43. The summed E-state index contributed by atoms with van der Waals surface area (Å²) in [6.07, 6.45) is 1.14. The zero-order valence-corrected chi connectivity index (χ0v) is 11.7. The van der Waals surface area contributed by atoms with Crippen molar-refractivity contribution < 1.29 is 4.79 Å². The molecule has 0 aromatic heterocycles. The van der Waals surface area contributed by atoms with Gasteiger partial charge in [-0.05, 0) is 67.1 Å². The molecule has 0 aliphatic carbocycles. The summed E-state index contributed by atoms with van der Waals surface area (Å²) in [4.78, 5) is 11.6. The van der Waals surface area contributed by atoms with Crippen LogP contribution in [0.5, 0.6) is 0 Å². The van der Waals surface area contributed by atoms with Gasteiger partial charge in [0.2, 0.25) is 5.91 Å². The fraction of sp³-hybridized carbons (Fsp3) is 0.417. The third-order valence-electron chi connectivity index (χ3n) is 2.12. The van der Waals surface area contributed by atoms with Gasteiger partial charge in [0.15, 0.2) is 0 Å². The van der Waals surface area contributed by atoms with E-state index in [1.165, 1.54) is 0 Å². The number of benzene rings is 1. The molecule has 0 atom stereocenters. The van der Waals surface area contributed by atoms with Crippen LogP contribution in [0.3, 0.4) is 0 Å². The molecule has 1 rings (SSSR count). The Morgan fingerprint density at radius 3 is 2.44 bits per heavy atom. The molecule has 0 saturated carbocycles. The van der Waals surface area contributed by atoms with Gasteiger partial charge in [-0.3, -0.25) is 4.79 Å². The van der Waals surface area contributed by atoms with E-state index in [4.69, 9.17) is 5.73 Å². The van der Waals surface area contributed by atoms with E-state index in [2.05, 4.69) is 27.9 Å². The number of nitrogens with two attached hydrogens (primary N) is 1. The van der Waals surface area contributed by atoms with E-state index in [0.29, 0.717) is 12.8 Å². The first-order valence-corrected chi connectivity index (χ1v) is 6.29. The first-order valence-electron chi connectivity index (χ1n) is 5.21. The number of carbonyl (C=O) groups is 1. The van der Waals surface area contributed by atoms with Crippen molar-refractivity contribution >= 4 is 34.2 Å². The van der Waals surface area contributed by atoms with Crippen molar-refractivity contribution in [3.8, 4) is 0 Å². The smallest absolute Gasteiger partial charge is 0.224 e. The molecule has 0 heterocycles. The first-order chi connectivity index (χ1) is 7.37. The van der Waals surface area contributed by atoms with Gasteiger partial charge in [0, 0.05) is 21.2 Å². The van der Waals surface area contributed by atoms with Crippen molar-refractivity contribution in [3.05, 3.63) is 27.8 Å². The van der Waals surface area contributed by atoms with Crippen LogP contribution in [0.1, 0.15) is 26.7 Å². The average Bonchev–Trinajstić information content (AvgIpc) is 2.18. The van der Waals surface area contributed by atoms with E-state index in [1.807, 2.05) is 38.1 Å². The summed E-state index contributed by atoms with van der Waals surface area (Å²) in [5.74, 6) is 0.0136. The number of nitrogens with one attached hydrogen (secondary N) is 1. The number of amides is 1. The molecule has 16 heavy (non-hydrogen) atoms. The lowest BCUT2D eigenvalue weighted by atomic mass is 10.00. The van der Waals surface area contributed by atoms with Gasteiger partial charge < -0.3 is 11.1 Å². The second-order valence-electron chi connectivity index (χ2n) is 4.54. The van der Waals surface area contributed by atoms with E-state index in [1.54, 1.807) is 0 Å². The van der Waals surface area contributed by atoms with Crippen LogP contribution >= 0.6 is 22.6 Å². The molecule has 0 saturated heterocycles. The highest BCUT2D eigenvalue weighted by Crippen LogP contribution is 2.13. The van der Waals surface area contributed by atoms with E-state index < -0.39 is 0 Å². The maximum atomic E-state index is 11.6. The number of carbonyl (C=O) groups excluding carboxylic acids is 1. The van der Waals surface area contributed by atoms with Crippen LogP contribution in [0.15, 0.2) is 24.3 Å². The topological polar surface area (TPSA) is 55.1 Å². The van der Waals surface area contributed by atoms with E-state index >= 15 is 0 Å². The van der Waals surface area contributed by atoms with Crippen molar-refractivity contribution in [2.45, 2.75) is 32.2 Å². The maximum Gasteiger partial charge on any atom is 0.224 e. The normalized spacial score (nSPS) is 11.2. The summed E-state index contributed by atoms with van der Waals surface area (Å²) in [5, 5.41) is 2.84. The molecule has 0 radical (unpaired) electrons. The van der Waals surface area contributed by atoms with Crippen LogP contribution < -0.4 is 11.1 Å². The van der Waals surface area contributed by atoms with Crippen LogP contribution in [-0.2, 0) is 4.79 Å². The summed E-state index contributed by atoms with van der Waals surface area (Å²) < 4.78 is 1.15. The highest BCUT2D eigenvalue weighted by atomic mass is 127. The SMILES string of the molecule is CC(C)(N)CCC(=O)Nc1ccc(I)cc1. The van der Waals surface area contributed by atoms with Gasteiger partial charge in [-0.1, -0.05) is 0 Å². The van der Waals surface area contributed by atoms with Gasteiger partial charge in [-0.15, -0.1) is 0 Å².